The predicted octanol–water partition coefficient (Wildman–Crippen LogP) is 0.951. The molecule has 2 saturated heterocycles. The maximum Gasteiger partial charge on any atom is 0.110 e. The monoisotopic (exact) mass is 191 g/mol. The molecule has 13 heavy (non-hydrogen) atoms. The predicted molar refractivity (Wildman–Crippen MR) is 48.5 cm³/mol. The Morgan fingerprint density at radius 1 is 1.85 bits per heavy atom. The summed E-state index contributed by atoms with van der Waals surface area (Å²) in [7, 11) is 0. The lowest BCUT2D eigenvalue weighted by Crippen LogP contribution is -2.33. The van der Waals surface area contributed by atoms with Crippen LogP contribution in [0.1, 0.15) is 33.4 Å². The molecule has 4 atom stereocenters. The summed E-state index contributed by atoms with van der Waals surface area (Å²) in [5.41, 5.74) is -1.91. The van der Waals surface area contributed by atoms with Crippen molar-refractivity contribution in [3.05, 3.63) is 0 Å². The highest BCUT2D eigenvalue weighted by Gasteiger charge is 2.49. The molecule has 1 N–H and O–H groups in total. The van der Waals surface area contributed by atoms with E-state index in [1.54, 1.807) is 6.92 Å². The summed E-state index contributed by atoms with van der Waals surface area (Å²) >= 11 is 0. The Morgan fingerprint density at radius 2 is 2.62 bits per heavy atom. The molecule has 0 amide bonds. The fraction of sp³-hybridized carbons (Fsp3) is 1.00. The number of epoxide rings is 1. The molecule has 0 radical (unpaired) electrons. The average molecular weight is 191 g/mol. The van der Waals surface area contributed by atoms with Crippen molar-refractivity contribution < 1.29 is 21.4 Å². The van der Waals surface area contributed by atoms with Crippen molar-refractivity contribution in [2.75, 3.05) is 13.2 Å². The lowest BCUT2D eigenvalue weighted by atomic mass is 9.97. The van der Waals surface area contributed by atoms with Gasteiger partial charge < -0.3 is 14.6 Å². The molecule has 0 aromatic heterocycles. The van der Waals surface area contributed by atoms with E-state index in [1.165, 1.54) is 0 Å². The molecule has 0 aliphatic carbocycles. The van der Waals surface area contributed by atoms with Crippen LogP contribution in [0.15, 0.2) is 0 Å². The molecule has 3 heteroatoms. The van der Waals surface area contributed by atoms with Crippen LogP contribution in [0.25, 0.3) is 0 Å². The minimum absolute atomic E-state index is 0.0347. The zero-order valence-corrected chi connectivity index (χ0v) is 7.62. The summed E-state index contributed by atoms with van der Waals surface area (Å²) < 4.78 is 49.5. The molecule has 0 bridgehead atoms. The van der Waals surface area contributed by atoms with Crippen LogP contribution in [0.4, 0.5) is 0 Å². The van der Waals surface area contributed by atoms with Gasteiger partial charge in [0, 0.05) is 19.4 Å². The van der Waals surface area contributed by atoms with E-state index in [0.29, 0.717) is 0 Å². The van der Waals surface area contributed by atoms with Gasteiger partial charge in [0.2, 0.25) is 0 Å². The number of rotatable bonds is 3. The second kappa shape index (κ2) is 3.23. The molecule has 2 heterocycles. The van der Waals surface area contributed by atoms with E-state index < -0.39 is 31.0 Å². The zero-order valence-electron chi connectivity index (χ0n) is 12.6. The highest BCUT2D eigenvalue weighted by Crippen LogP contribution is 2.41. The minimum Gasteiger partial charge on any atom is -0.396 e. The van der Waals surface area contributed by atoms with Gasteiger partial charge >= 0.3 is 0 Å². The maximum atomic E-state index is 9.12. The molecular weight excluding hydrogens is 168 g/mol. The highest BCUT2D eigenvalue weighted by atomic mass is 16.6. The van der Waals surface area contributed by atoms with Crippen LogP contribution in [0.2, 0.25) is 0 Å². The summed E-state index contributed by atoms with van der Waals surface area (Å²) in [5, 5.41) is 9.12. The van der Waals surface area contributed by atoms with Crippen LogP contribution >= 0.6 is 0 Å². The third kappa shape index (κ3) is 1.73. The normalized spacial score (nSPS) is 56.9. The van der Waals surface area contributed by atoms with Gasteiger partial charge in [-0.25, -0.2) is 0 Å². The van der Waals surface area contributed by atoms with Crippen molar-refractivity contribution in [3.63, 3.8) is 0 Å². The molecule has 1 unspecified atom stereocenters. The van der Waals surface area contributed by atoms with Crippen molar-refractivity contribution in [1.29, 1.82) is 0 Å². The van der Waals surface area contributed by atoms with Gasteiger partial charge in [0.05, 0.1) is 18.3 Å². The molecule has 2 rings (SSSR count). The standard InChI is InChI=1S/C10H18O3/c1-7(5-11)8-3-4-10(2,13-8)9-6-12-9/h7-9,11H,3-6H2,1-2H3/t7-,8+,9?,10+/m1/s1/i2D3,4D2. The van der Waals surface area contributed by atoms with Crippen LogP contribution in [-0.2, 0) is 9.47 Å². The zero-order chi connectivity index (χ0) is 13.8. The van der Waals surface area contributed by atoms with E-state index in [9.17, 15) is 0 Å². The summed E-state index contributed by atoms with van der Waals surface area (Å²) in [4.78, 5) is 0. The SMILES string of the molecule is [2H]C([2H])([2H])[C@]1(C2CO2)O[C@H]([C@H](C)CO)CC1([2H])[2H]. The van der Waals surface area contributed by atoms with Gasteiger partial charge in [-0.3, -0.25) is 0 Å². The lowest BCUT2D eigenvalue weighted by Gasteiger charge is -2.24. The van der Waals surface area contributed by atoms with Crippen LogP contribution in [0.3, 0.4) is 0 Å². The van der Waals surface area contributed by atoms with E-state index in [-0.39, 0.29) is 25.6 Å². The van der Waals surface area contributed by atoms with E-state index in [1.807, 2.05) is 0 Å². The topological polar surface area (TPSA) is 42.0 Å². The fourth-order valence-corrected chi connectivity index (χ4v) is 1.48. The Morgan fingerprint density at radius 3 is 3.15 bits per heavy atom. The van der Waals surface area contributed by atoms with Gasteiger partial charge in [0.25, 0.3) is 0 Å². The van der Waals surface area contributed by atoms with Crippen LogP contribution in [0.5, 0.6) is 0 Å². The molecule has 0 spiro atoms. The summed E-state index contributed by atoms with van der Waals surface area (Å²) in [6.45, 7) is -0.840. The van der Waals surface area contributed by atoms with Gasteiger partial charge in [-0.2, -0.15) is 0 Å². The Hall–Kier alpha value is -0.120. The first kappa shape index (κ1) is 5.10. The second-order valence-electron chi connectivity index (χ2n) is 3.75. The van der Waals surface area contributed by atoms with Crippen LogP contribution < -0.4 is 0 Å². The summed E-state index contributed by atoms with van der Waals surface area (Å²) in [6, 6.07) is 0. The van der Waals surface area contributed by atoms with Crippen molar-refractivity contribution in [1.82, 2.24) is 0 Å². The third-order valence-electron chi connectivity index (χ3n) is 2.61. The first-order valence-electron chi connectivity index (χ1n) is 7.06. The highest BCUT2D eigenvalue weighted by molar-refractivity contribution is 4.97. The molecule has 2 fully saturated rings. The Labute approximate surface area is 86.1 Å². The summed E-state index contributed by atoms with van der Waals surface area (Å²) in [6.07, 6.45) is -3.36. The Kier molecular flexibility index (Phi) is 1.27. The van der Waals surface area contributed by atoms with Gasteiger partial charge in [-0.05, 0) is 19.6 Å². The van der Waals surface area contributed by atoms with Crippen molar-refractivity contribution in [2.24, 2.45) is 5.92 Å². The second-order valence-corrected chi connectivity index (χ2v) is 3.75. The number of aliphatic hydroxyl groups excluding tert-OH is 1. The number of hydrogen-bond acceptors (Lipinski definition) is 3. The Bertz CT molecular complexity index is 328. The third-order valence-corrected chi connectivity index (χ3v) is 2.61. The minimum atomic E-state index is -2.60. The van der Waals surface area contributed by atoms with Crippen molar-refractivity contribution >= 4 is 0 Å². The maximum absolute atomic E-state index is 9.12. The lowest BCUT2D eigenvalue weighted by molar-refractivity contribution is -0.0699. The molecule has 0 saturated carbocycles. The molecule has 76 valence electrons. The smallest absolute Gasteiger partial charge is 0.110 e. The first-order valence-corrected chi connectivity index (χ1v) is 4.56. The van der Waals surface area contributed by atoms with Crippen LogP contribution in [-0.4, -0.2) is 36.1 Å². The quantitative estimate of drug-likeness (QED) is 0.675. The first-order chi connectivity index (χ1) is 8.15. The average Bonchev–Trinajstić information content (AvgIpc) is 3.00. The molecule has 2 aliphatic heterocycles. The molecule has 3 nitrogen and oxygen atoms in total. The van der Waals surface area contributed by atoms with Gasteiger partial charge in [0.15, 0.2) is 0 Å². The molecule has 0 aromatic carbocycles. The summed E-state index contributed by atoms with van der Waals surface area (Å²) in [5.74, 6) is -0.303. The number of ether oxygens (including phenoxy) is 2. The van der Waals surface area contributed by atoms with Gasteiger partial charge in [-0.15, -0.1) is 0 Å². The number of aliphatic hydroxyl groups is 1. The fourth-order valence-electron chi connectivity index (χ4n) is 1.48. The molecule has 0 aromatic rings. The molecular formula is C10H18O3. The van der Waals surface area contributed by atoms with E-state index in [0.717, 1.165) is 0 Å². The van der Waals surface area contributed by atoms with Gasteiger partial charge in [0.1, 0.15) is 6.10 Å². The van der Waals surface area contributed by atoms with E-state index >= 15 is 0 Å². The van der Waals surface area contributed by atoms with E-state index in [2.05, 4.69) is 0 Å². The van der Waals surface area contributed by atoms with E-state index in [4.69, 9.17) is 21.4 Å². The molecule has 2 aliphatic rings. The largest absolute Gasteiger partial charge is 0.396 e. The van der Waals surface area contributed by atoms with Gasteiger partial charge in [-0.1, -0.05) is 6.92 Å². The van der Waals surface area contributed by atoms with Crippen molar-refractivity contribution in [2.45, 2.75) is 44.4 Å². The number of hydrogen-bond donors (Lipinski definition) is 1. The Balaban J connectivity index is 2.34. The van der Waals surface area contributed by atoms with Crippen molar-refractivity contribution in [3.8, 4) is 0 Å². The van der Waals surface area contributed by atoms with Crippen LogP contribution in [0, 0.1) is 5.92 Å².